The molecular weight excluding hydrogens is 292 g/mol. The quantitative estimate of drug-likeness (QED) is 0.883. The molecule has 18 heavy (non-hydrogen) atoms. The largest absolute Gasteiger partial charge is 0.489 e. The Bertz CT molecular complexity index is 588. The summed E-state index contributed by atoms with van der Waals surface area (Å²) in [6.07, 6.45) is 0. The molecule has 2 rings (SSSR count). The lowest BCUT2D eigenvalue weighted by atomic mass is 10.2. The van der Waals surface area contributed by atoms with Gasteiger partial charge in [0.2, 0.25) is 0 Å². The normalized spacial score (nSPS) is 9.78. The molecule has 2 aromatic carbocycles. The molecule has 0 aromatic heterocycles. The number of hydrogen-bond acceptors (Lipinski definition) is 3. The van der Waals surface area contributed by atoms with E-state index in [9.17, 15) is 0 Å². The lowest BCUT2D eigenvalue weighted by Crippen LogP contribution is -1.97. The van der Waals surface area contributed by atoms with Gasteiger partial charge in [0.25, 0.3) is 0 Å². The molecule has 2 N–H and O–H groups in total. The predicted molar refractivity (Wildman–Crippen MR) is 74.0 cm³/mol. The molecule has 3 nitrogen and oxygen atoms in total. The maximum absolute atomic E-state index is 8.77. The van der Waals surface area contributed by atoms with Gasteiger partial charge >= 0.3 is 0 Å². The maximum atomic E-state index is 8.77. The van der Waals surface area contributed by atoms with Crippen molar-refractivity contribution in [3.8, 4) is 11.8 Å². The van der Waals surface area contributed by atoms with Gasteiger partial charge in [-0.25, -0.2) is 0 Å². The third-order valence-corrected chi connectivity index (χ3v) is 2.99. The van der Waals surface area contributed by atoms with Gasteiger partial charge in [-0.05, 0) is 29.8 Å². The van der Waals surface area contributed by atoms with E-state index in [4.69, 9.17) is 15.7 Å². The van der Waals surface area contributed by atoms with Crippen molar-refractivity contribution in [3.05, 3.63) is 58.1 Å². The second-order valence-electron chi connectivity index (χ2n) is 3.78. The van der Waals surface area contributed by atoms with Gasteiger partial charge in [0, 0.05) is 10.5 Å². The van der Waals surface area contributed by atoms with E-state index in [-0.39, 0.29) is 0 Å². The van der Waals surface area contributed by atoms with Crippen LogP contribution in [-0.2, 0) is 6.61 Å². The number of nitrogens with zero attached hydrogens (tertiary/aromatic N) is 1. The summed E-state index contributed by atoms with van der Waals surface area (Å²) in [6.45, 7) is 0.471. The average molecular weight is 303 g/mol. The molecule has 0 saturated heterocycles. The first-order chi connectivity index (χ1) is 8.69. The Morgan fingerprint density at radius 3 is 2.50 bits per heavy atom. The summed E-state index contributed by atoms with van der Waals surface area (Å²) in [6, 6.07) is 15.0. The van der Waals surface area contributed by atoms with Gasteiger partial charge in [0.05, 0.1) is 11.3 Å². The van der Waals surface area contributed by atoms with E-state index in [1.165, 1.54) is 0 Å². The van der Waals surface area contributed by atoms with E-state index in [1.807, 2.05) is 30.3 Å². The summed E-state index contributed by atoms with van der Waals surface area (Å²) in [5.74, 6) is 0.661. The molecular formula is C14H11BrN2O. The SMILES string of the molecule is N#Cc1ccc(OCc2ccc(Br)cc2)cc1N. The molecule has 90 valence electrons. The molecule has 0 aliphatic rings. The summed E-state index contributed by atoms with van der Waals surface area (Å²) in [5, 5.41) is 8.77. The van der Waals surface area contributed by atoms with Crippen LogP contribution < -0.4 is 10.5 Å². The summed E-state index contributed by atoms with van der Waals surface area (Å²) >= 11 is 3.38. The smallest absolute Gasteiger partial charge is 0.121 e. The molecule has 0 bridgehead atoms. The number of hydrogen-bond donors (Lipinski definition) is 1. The minimum atomic E-state index is 0.436. The van der Waals surface area contributed by atoms with Gasteiger partial charge in [-0.1, -0.05) is 28.1 Å². The molecule has 0 fully saturated rings. The van der Waals surface area contributed by atoms with Crippen LogP contribution in [0, 0.1) is 11.3 Å². The maximum Gasteiger partial charge on any atom is 0.121 e. The molecule has 0 heterocycles. The Labute approximate surface area is 114 Å². The van der Waals surface area contributed by atoms with Crippen LogP contribution in [0.2, 0.25) is 0 Å². The zero-order valence-electron chi connectivity index (χ0n) is 9.56. The van der Waals surface area contributed by atoms with Crippen molar-refractivity contribution in [1.29, 1.82) is 5.26 Å². The lowest BCUT2D eigenvalue weighted by Gasteiger charge is -2.07. The van der Waals surface area contributed by atoms with E-state index in [0.29, 0.717) is 23.6 Å². The van der Waals surface area contributed by atoms with Crippen molar-refractivity contribution in [2.75, 3.05) is 5.73 Å². The minimum absolute atomic E-state index is 0.436. The highest BCUT2D eigenvalue weighted by Crippen LogP contribution is 2.20. The first-order valence-corrected chi connectivity index (χ1v) is 6.15. The molecule has 4 heteroatoms. The first kappa shape index (κ1) is 12.5. The molecule has 0 amide bonds. The molecule has 0 unspecified atom stereocenters. The standard InChI is InChI=1S/C14H11BrN2O/c15-12-4-1-10(2-5-12)9-18-13-6-3-11(8-16)14(17)7-13/h1-7H,9,17H2. The van der Waals surface area contributed by atoms with Gasteiger partial charge in [0.15, 0.2) is 0 Å². The second-order valence-corrected chi connectivity index (χ2v) is 4.69. The number of benzene rings is 2. The Morgan fingerprint density at radius 2 is 1.89 bits per heavy atom. The predicted octanol–water partition coefficient (Wildman–Crippen LogP) is 3.48. The fraction of sp³-hybridized carbons (Fsp3) is 0.0714. The van der Waals surface area contributed by atoms with E-state index < -0.39 is 0 Å². The van der Waals surface area contributed by atoms with E-state index in [0.717, 1.165) is 10.0 Å². The number of nitrogen functional groups attached to an aromatic ring is 1. The van der Waals surface area contributed by atoms with Crippen molar-refractivity contribution < 1.29 is 4.74 Å². The number of nitrogens with two attached hydrogens (primary N) is 1. The van der Waals surface area contributed by atoms with Crippen LogP contribution >= 0.6 is 15.9 Å². The summed E-state index contributed by atoms with van der Waals surface area (Å²) < 4.78 is 6.64. The van der Waals surface area contributed by atoms with Crippen LogP contribution in [0.5, 0.6) is 5.75 Å². The van der Waals surface area contributed by atoms with E-state index >= 15 is 0 Å². The van der Waals surface area contributed by atoms with E-state index in [2.05, 4.69) is 15.9 Å². The van der Waals surface area contributed by atoms with Gasteiger partial charge in [-0.2, -0.15) is 5.26 Å². The number of anilines is 1. The molecule has 0 spiro atoms. The molecule has 0 aliphatic carbocycles. The second kappa shape index (κ2) is 5.56. The fourth-order valence-corrected chi connectivity index (χ4v) is 1.74. The van der Waals surface area contributed by atoms with Crippen molar-refractivity contribution in [2.45, 2.75) is 6.61 Å². The van der Waals surface area contributed by atoms with Crippen LogP contribution in [0.3, 0.4) is 0 Å². The van der Waals surface area contributed by atoms with E-state index in [1.54, 1.807) is 18.2 Å². The summed E-state index contributed by atoms with van der Waals surface area (Å²) in [4.78, 5) is 0. The van der Waals surface area contributed by atoms with Crippen molar-refractivity contribution in [2.24, 2.45) is 0 Å². The topological polar surface area (TPSA) is 59.0 Å². The van der Waals surface area contributed by atoms with Crippen molar-refractivity contribution >= 4 is 21.6 Å². The highest BCUT2D eigenvalue weighted by atomic mass is 79.9. The zero-order valence-corrected chi connectivity index (χ0v) is 11.1. The number of ether oxygens (including phenoxy) is 1. The number of halogens is 1. The first-order valence-electron chi connectivity index (χ1n) is 5.36. The Kier molecular flexibility index (Phi) is 3.85. The summed E-state index contributed by atoms with van der Waals surface area (Å²) in [5.41, 5.74) is 7.68. The van der Waals surface area contributed by atoms with Crippen molar-refractivity contribution in [1.82, 2.24) is 0 Å². The van der Waals surface area contributed by atoms with Crippen LogP contribution in [0.1, 0.15) is 11.1 Å². The van der Waals surface area contributed by atoms with Gasteiger partial charge in [0.1, 0.15) is 18.4 Å². The van der Waals surface area contributed by atoms with Crippen LogP contribution in [0.15, 0.2) is 46.9 Å². The molecule has 0 radical (unpaired) electrons. The Balaban J connectivity index is 2.04. The van der Waals surface area contributed by atoms with Crippen molar-refractivity contribution in [3.63, 3.8) is 0 Å². The highest BCUT2D eigenvalue weighted by molar-refractivity contribution is 9.10. The third-order valence-electron chi connectivity index (χ3n) is 2.46. The Morgan fingerprint density at radius 1 is 1.17 bits per heavy atom. The monoisotopic (exact) mass is 302 g/mol. The number of nitriles is 1. The molecule has 2 aromatic rings. The van der Waals surface area contributed by atoms with Gasteiger partial charge in [-0.3, -0.25) is 0 Å². The fourth-order valence-electron chi connectivity index (χ4n) is 1.48. The minimum Gasteiger partial charge on any atom is -0.489 e. The zero-order chi connectivity index (χ0) is 13.0. The van der Waals surface area contributed by atoms with Gasteiger partial charge in [-0.15, -0.1) is 0 Å². The van der Waals surface area contributed by atoms with Crippen LogP contribution in [0.25, 0.3) is 0 Å². The van der Waals surface area contributed by atoms with Crippen LogP contribution in [-0.4, -0.2) is 0 Å². The molecule has 0 aliphatic heterocycles. The highest BCUT2D eigenvalue weighted by Gasteiger charge is 2.01. The molecule has 0 atom stereocenters. The number of rotatable bonds is 3. The van der Waals surface area contributed by atoms with Crippen LogP contribution in [0.4, 0.5) is 5.69 Å². The third kappa shape index (κ3) is 3.02. The Hall–Kier alpha value is -1.99. The van der Waals surface area contributed by atoms with Gasteiger partial charge < -0.3 is 10.5 Å². The molecule has 0 saturated carbocycles. The lowest BCUT2D eigenvalue weighted by molar-refractivity contribution is 0.306. The average Bonchev–Trinajstić information content (AvgIpc) is 2.38. The summed E-state index contributed by atoms with van der Waals surface area (Å²) in [7, 11) is 0.